The lowest BCUT2D eigenvalue weighted by atomic mass is 9.96. The van der Waals surface area contributed by atoms with Crippen LogP contribution >= 0.6 is 11.8 Å². The molecule has 4 N–H and O–H groups in total. The van der Waals surface area contributed by atoms with Gasteiger partial charge in [0.1, 0.15) is 5.92 Å². The summed E-state index contributed by atoms with van der Waals surface area (Å²) in [6.45, 7) is 0. The third kappa shape index (κ3) is 3.41. The van der Waals surface area contributed by atoms with Crippen LogP contribution in [0.4, 0.5) is 0 Å². The summed E-state index contributed by atoms with van der Waals surface area (Å²) >= 11 is 1.82. The first-order chi connectivity index (χ1) is 9.22. The predicted molar refractivity (Wildman–Crippen MR) is 76.5 cm³/mol. The molecule has 2 rings (SSSR count). The molecule has 0 aromatic heterocycles. The minimum absolute atomic E-state index is 0.0886. The van der Waals surface area contributed by atoms with Crippen LogP contribution in [0.15, 0.2) is 35.5 Å². The molecule has 1 aromatic rings. The Balaban J connectivity index is 2.15. The molecule has 1 fully saturated rings. The summed E-state index contributed by atoms with van der Waals surface area (Å²) in [6.07, 6.45) is 0.966. The molecule has 1 heterocycles. The van der Waals surface area contributed by atoms with Crippen LogP contribution in [0.25, 0.3) is 0 Å². The third-order valence-corrected chi connectivity index (χ3v) is 4.24. The number of nitrogens with one attached hydrogen (secondary N) is 1. The minimum atomic E-state index is -0.739. The van der Waals surface area contributed by atoms with Gasteiger partial charge in [-0.1, -0.05) is 35.5 Å². The van der Waals surface area contributed by atoms with Crippen molar-refractivity contribution in [3.63, 3.8) is 0 Å². The molecular formula is C13H17N3O2S. The van der Waals surface area contributed by atoms with Gasteiger partial charge in [-0.25, -0.2) is 0 Å². The van der Waals surface area contributed by atoms with Gasteiger partial charge in [-0.15, -0.1) is 0 Å². The first kappa shape index (κ1) is 13.7. The van der Waals surface area contributed by atoms with E-state index in [0.29, 0.717) is 0 Å². The van der Waals surface area contributed by atoms with Gasteiger partial charge in [0.15, 0.2) is 5.84 Å². The number of amides is 1. The molecule has 1 saturated heterocycles. The second-order valence-electron chi connectivity index (χ2n) is 4.44. The van der Waals surface area contributed by atoms with Crippen LogP contribution in [0.5, 0.6) is 0 Å². The monoisotopic (exact) mass is 279 g/mol. The summed E-state index contributed by atoms with van der Waals surface area (Å²) in [6, 6.07) is 9.28. The highest BCUT2D eigenvalue weighted by Crippen LogP contribution is 2.20. The average Bonchev–Trinajstić information content (AvgIpc) is 2.93. The molecule has 1 aromatic carbocycles. The summed E-state index contributed by atoms with van der Waals surface area (Å²) in [5.74, 6) is 0.939. The zero-order chi connectivity index (χ0) is 13.7. The highest BCUT2D eigenvalue weighted by atomic mass is 32.2. The topological polar surface area (TPSA) is 87.7 Å². The van der Waals surface area contributed by atoms with Crippen LogP contribution in [0, 0.1) is 0 Å². The molecule has 102 valence electrons. The van der Waals surface area contributed by atoms with Gasteiger partial charge in [-0.2, -0.15) is 11.8 Å². The molecule has 6 heteroatoms. The number of carbonyl (C=O) groups excluding carboxylic acids is 1. The SMILES string of the molecule is N/C(=N/O)C(C(=O)NC1CCSC1)c1ccccc1. The number of hydrogen-bond acceptors (Lipinski definition) is 4. The van der Waals surface area contributed by atoms with Crippen molar-refractivity contribution in [1.82, 2.24) is 5.32 Å². The van der Waals surface area contributed by atoms with Crippen molar-refractivity contribution in [2.75, 3.05) is 11.5 Å². The Morgan fingerprint density at radius 2 is 2.21 bits per heavy atom. The van der Waals surface area contributed by atoms with Crippen LogP contribution in [0.1, 0.15) is 17.9 Å². The lowest BCUT2D eigenvalue weighted by Gasteiger charge is -2.18. The van der Waals surface area contributed by atoms with Crippen LogP contribution in [0.2, 0.25) is 0 Å². The van der Waals surface area contributed by atoms with Crippen LogP contribution in [0.3, 0.4) is 0 Å². The van der Waals surface area contributed by atoms with Crippen molar-refractivity contribution < 1.29 is 10.0 Å². The average molecular weight is 279 g/mol. The van der Waals surface area contributed by atoms with E-state index >= 15 is 0 Å². The lowest BCUT2D eigenvalue weighted by Crippen LogP contribution is -2.42. The fraction of sp³-hybridized carbons (Fsp3) is 0.385. The van der Waals surface area contributed by atoms with Crippen molar-refractivity contribution >= 4 is 23.5 Å². The van der Waals surface area contributed by atoms with Crippen molar-refractivity contribution in [2.45, 2.75) is 18.4 Å². The molecule has 5 nitrogen and oxygen atoms in total. The highest BCUT2D eigenvalue weighted by Gasteiger charge is 2.28. The maximum absolute atomic E-state index is 12.3. The lowest BCUT2D eigenvalue weighted by molar-refractivity contribution is -0.121. The van der Waals surface area contributed by atoms with E-state index < -0.39 is 5.92 Å². The molecule has 0 saturated carbocycles. The minimum Gasteiger partial charge on any atom is -0.409 e. The Morgan fingerprint density at radius 3 is 2.79 bits per heavy atom. The van der Waals surface area contributed by atoms with Gasteiger partial charge in [0.25, 0.3) is 0 Å². The summed E-state index contributed by atoms with van der Waals surface area (Å²) < 4.78 is 0. The Hall–Kier alpha value is -1.69. The smallest absolute Gasteiger partial charge is 0.235 e. The molecule has 19 heavy (non-hydrogen) atoms. The van der Waals surface area contributed by atoms with E-state index in [1.807, 2.05) is 30.0 Å². The molecule has 1 amide bonds. The van der Waals surface area contributed by atoms with Gasteiger partial charge in [-0.05, 0) is 17.7 Å². The first-order valence-corrected chi connectivity index (χ1v) is 7.28. The van der Waals surface area contributed by atoms with Gasteiger partial charge in [0.05, 0.1) is 0 Å². The van der Waals surface area contributed by atoms with Gasteiger partial charge < -0.3 is 16.3 Å². The molecular weight excluding hydrogens is 262 g/mol. The predicted octanol–water partition coefficient (Wildman–Crippen LogP) is 1.14. The second kappa shape index (κ2) is 6.47. The zero-order valence-electron chi connectivity index (χ0n) is 10.5. The normalized spacial score (nSPS) is 21.1. The van der Waals surface area contributed by atoms with E-state index in [4.69, 9.17) is 10.9 Å². The maximum atomic E-state index is 12.3. The van der Waals surface area contributed by atoms with E-state index in [0.717, 1.165) is 23.5 Å². The molecule has 1 aliphatic heterocycles. The Kier molecular flexibility index (Phi) is 4.68. The summed E-state index contributed by atoms with van der Waals surface area (Å²) in [7, 11) is 0. The molecule has 1 aliphatic rings. The number of benzene rings is 1. The number of nitrogens with zero attached hydrogens (tertiary/aromatic N) is 1. The van der Waals surface area contributed by atoms with Crippen LogP contribution < -0.4 is 11.1 Å². The van der Waals surface area contributed by atoms with E-state index in [1.165, 1.54) is 0 Å². The Bertz CT molecular complexity index is 458. The number of oxime groups is 1. The number of nitrogens with two attached hydrogens (primary N) is 1. The van der Waals surface area contributed by atoms with E-state index in [9.17, 15) is 4.79 Å². The quantitative estimate of drug-likeness (QED) is 0.334. The second-order valence-corrected chi connectivity index (χ2v) is 5.59. The van der Waals surface area contributed by atoms with E-state index in [1.54, 1.807) is 12.1 Å². The molecule has 2 unspecified atom stereocenters. The third-order valence-electron chi connectivity index (χ3n) is 3.08. The number of thioether (sulfide) groups is 1. The van der Waals surface area contributed by atoms with Gasteiger partial charge >= 0.3 is 0 Å². The van der Waals surface area contributed by atoms with Gasteiger partial charge in [0, 0.05) is 11.8 Å². The summed E-state index contributed by atoms with van der Waals surface area (Å²) in [4.78, 5) is 12.3. The highest BCUT2D eigenvalue weighted by molar-refractivity contribution is 7.99. The standard InChI is InChI=1S/C13H17N3O2S/c14-12(16-18)11(9-4-2-1-3-5-9)13(17)15-10-6-7-19-8-10/h1-5,10-11,18H,6-8H2,(H2,14,16)(H,15,17). The zero-order valence-corrected chi connectivity index (χ0v) is 11.3. The van der Waals surface area contributed by atoms with Crippen LogP contribution in [-0.2, 0) is 4.79 Å². The molecule has 0 bridgehead atoms. The Morgan fingerprint density at radius 1 is 1.47 bits per heavy atom. The van der Waals surface area contributed by atoms with Gasteiger partial charge in [-0.3, -0.25) is 4.79 Å². The van der Waals surface area contributed by atoms with Crippen molar-refractivity contribution in [3.8, 4) is 0 Å². The fourth-order valence-corrected chi connectivity index (χ4v) is 3.24. The molecule has 0 radical (unpaired) electrons. The van der Waals surface area contributed by atoms with Crippen LogP contribution in [-0.4, -0.2) is 34.5 Å². The van der Waals surface area contributed by atoms with Crippen molar-refractivity contribution in [3.05, 3.63) is 35.9 Å². The molecule has 0 spiro atoms. The number of hydrogen-bond donors (Lipinski definition) is 3. The fourth-order valence-electron chi connectivity index (χ4n) is 2.09. The number of rotatable bonds is 4. The molecule has 2 atom stereocenters. The number of carbonyl (C=O) groups is 1. The van der Waals surface area contributed by atoms with E-state index in [-0.39, 0.29) is 17.8 Å². The summed E-state index contributed by atoms with van der Waals surface area (Å²) in [5, 5.41) is 14.8. The van der Waals surface area contributed by atoms with Gasteiger partial charge in [0.2, 0.25) is 5.91 Å². The maximum Gasteiger partial charge on any atom is 0.235 e. The summed E-state index contributed by atoms with van der Waals surface area (Å²) in [5.41, 5.74) is 6.38. The largest absolute Gasteiger partial charge is 0.409 e. The van der Waals surface area contributed by atoms with Crippen molar-refractivity contribution in [1.29, 1.82) is 0 Å². The van der Waals surface area contributed by atoms with Crippen molar-refractivity contribution in [2.24, 2.45) is 10.9 Å². The van der Waals surface area contributed by atoms with E-state index in [2.05, 4.69) is 10.5 Å². The first-order valence-electron chi connectivity index (χ1n) is 6.13. The number of amidine groups is 1. The Labute approximate surface area is 116 Å². The molecule has 0 aliphatic carbocycles.